The average molecular weight is 381 g/mol. The maximum Gasteiger partial charge on any atom is 0.283 e. The van der Waals surface area contributed by atoms with E-state index in [-0.39, 0.29) is 11.1 Å². The van der Waals surface area contributed by atoms with Gasteiger partial charge in [0.15, 0.2) is 0 Å². The number of aromatic nitrogens is 2. The lowest BCUT2D eigenvalue weighted by Gasteiger charge is -2.03. The summed E-state index contributed by atoms with van der Waals surface area (Å²) >= 11 is 1.44. The second-order valence-corrected chi connectivity index (χ2v) is 7.09. The second kappa shape index (κ2) is 6.85. The lowest BCUT2D eigenvalue weighted by Crippen LogP contribution is -2.17. The highest BCUT2D eigenvalue weighted by atomic mass is 32.1. The SMILES string of the molecule is Cc1sc2ncn(/N=C\c3ccc(F)cc3F)c(=O)c2c1-c1ccccc1. The van der Waals surface area contributed by atoms with Gasteiger partial charge in [-0.3, -0.25) is 4.79 Å². The molecule has 0 spiro atoms. The summed E-state index contributed by atoms with van der Waals surface area (Å²) in [5.41, 5.74) is 1.48. The zero-order valence-corrected chi connectivity index (χ0v) is 15.0. The van der Waals surface area contributed by atoms with Crippen molar-refractivity contribution >= 4 is 27.8 Å². The fourth-order valence-corrected chi connectivity index (χ4v) is 3.86. The second-order valence-electron chi connectivity index (χ2n) is 5.88. The molecule has 0 aliphatic rings. The number of rotatable bonds is 3. The normalized spacial score (nSPS) is 11.5. The third kappa shape index (κ3) is 3.17. The number of hydrogen-bond acceptors (Lipinski definition) is 4. The van der Waals surface area contributed by atoms with E-state index in [1.807, 2.05) is 37.3 Å². The van der Waals surface area contributed by atoms with Gasteiger partial charge in [-0.15, -0.1) is 11.3 Å². The van der Waals surface area contributed by atoms with Crippen molar-refractivity contribution in [1.82, 2.24) is 9.66 Å². The van der Waals surface area contributed by atoms with Crippen LogP contribution in [-0.2, 0) is 0 Å². The molecular weight excluding hydrogens is 368 g/mol. The van der Waals surface area contributed by atoms with E-state index in [2.05, 4.69) is 10.1 Å². The predicted molar refractivity (Wildman–Crippen MR) is 103 cm³/mol. The molecule has 0 aliphatic carbocycles. The van der Waals surface area contributed by atoms with E-state index >= 15 is 0 Å². The minimum atomic E-state index is -0.753. The Hall–Kier alpha value is -3.19. The lowest BCUT2D eigenvalue weighted by atomic mass is 10.0. The molecule has 0 fully saturated rings. The molecule has 0 unspecified atom stereocenters. The van der Waals surface area contributed by atoms with Crippen LogP contribution in [0.1, 0.15) is 10.4 Å². The monoisotopic (exact) mass is 381 g/mol. The van der Waals surface area contributed by atoms with Gasteiger partial charge in [-0.25, -0.2) is 13.8 Å². The first-order chi connectivity index (χ1) is 13.0. The Bertz CT molecular complexity index is 1230. The van der Waals surface area contributed by atoms with E-state index in [0.29, 0.717) is 10.2 Å². The van der Waals surface area contributed by atoms with Crippen molar-refractivity contribution in [2.75, 3.05) is 0 Å². The minimum Gasteiger partial charge on any atom is -0.267 e. The topological polar surface area (TPSA) is 47.2 Å². The van der Waals surface area contributed by atoms with Crippen LogP contribution in [0, 0.1) is 18.6 Å². The highest BCUT2D eigenvalue weighted by Crippen LogP contribution is 2.35. The van der Waals surface area contributed by atoms with Crippen molar-refractivity contribution in [2.45, 2.75) is 6.92 Å². The summed E-state index contributed by atoms with van der Waals surface area (Å²) in [4.78, 5) is 18.9. The molecular formula is C20H13F2N3OS. The van der Waals surface area contributed by atoms with Crippen LogP contribution >= 0.6 is 11.3 Å². The van der Waals surface area contributed by atoms with Gasteiger partial charge in [0.2, 0.25) is 0 Å². The fourth-order valence-electron chi connectivity index (χ4n) is 2.86. The number of fused-ring (bicyclic) bond motifs is 1. The number of aryl methyl sites for hydroxylation is 1. The first kappa shape index (κ1) is 17.2. The highest BCUT2D eigenvalue weighted by Gasteiger charge is 2.16. The van der Waals surface area contributed by atoms with E-state index in [1.165, 1.54) is 29.9 Å². The standard InChI is InChI=1S/C20H13F2N3OS/c1-12-17(13-5-3-2-4-6-13)18-19(27-12)23-11-25(20(18)26)24-10-14-7-8-15(21)9-16(14)22/h2-11H,1H3/b24-10-. The molecule has 27 heavy (non-hydrogen) atoms. The molecule has 0 saturated heterocycles. The van der Waals surface area contributed by atoms with Gasteiger partial charge in [0, 0.05) is 22.1 Å². The van der Waals surface area contributed by atoms with Gasteiger partial charge in [0.25, 0.3) is 5.56 Å². The summed E-state index contributed by atoms with van der Waals surface area (Å²) in [6.45, 7) is 1.94. The summed E-state index contributed by atoms with van der Waals surface area (Å²) < 4.78 is 27.8. The predicted octanol–water partition coefficient (Wildman–Crippen LogP) is 4.59. The van der Waals surface area contributed by atoms with Crippen molar-refractivity contribution in [1.29, 1.82) is 0 Å². The highest BCUT2D eigenvalue weighted by molar-refractivity contribution is 7.19. The summed E-state index contributed by atoms with van der Waals surface area (Å²) in [5.74, 6) is -1.43. The van der Waals surface area contributed by atoms with Crippen LogP contribution in [-0.4, -0.2) is 15.9 Å². The Balaban J connectivity index is 1.85. The third-order valence-corrected chi connectivity index (χ3v) is 5.13. The molecule has 134 valence electrons. The van der Waals surface area contributed by atoms with Crippen molar-refractivity contribution in [2.24, 2.45) is 5.10 Å². The molecule has 4 nitrogen and oxygen atoms in total. The zero-order valence-electron chi connectivity index (χ0n) is 14.2. The van der Waals surface area contributed by atoms with Gasteiger partial charge in [-0.2, -0.15) is 9.78 Å². The average Bonchev–Trinajstić information content (AvgIpc) is 3.00. The van der Waals surface area contributed by atoms with Crippen LogP contribution in [0.2, 0.25) is 0 Å². The Labute approximate surface area is 157 Å². The molecule has 0 radical (unpaired) electrons. The Morgan fingerprint density at radius 3 is 2.67 bits per heavy atom. The third-order valence-electron chi connectivity index (χ3n) is 4.12. The Morgan fingerprint density at radius 1 is 1.15 bits per heavy atom. The smallest absolute Gasteiger partial charge is 0.267 e. The minimum absolute atomic E-state index is 0.0770. The molecule has 0 saturated carbocycles. The lowest BCUT2D eigenvalue weighted by molar-refractivity contribution is 0.582. The number of hydrogen-bond donors (Lipinski definition) is 0. The van der Waals surface area contributed by atoms with Gasteiger partial charge in [-0.05, 0) is 24.6 Å². The van der Waals surface area contributed by atoms with E-state index in [9.17, 15) is 13.6 Å². The van der Waals surface area contributed by atoms with Crippen LogP contribution in [0.3, 0.4) is 0 Å². The van der Waals surface area contributed by atoms with E-state index < -0.39 is 11.6 Å². The quantitative estimate of drug-likeness (QED) is 0.487. The summed E-state index contributed by atoms with van der Waals surface area (Å²) in [6, 6.07) is 12.7. The Morgan fingerprint density at radius 2 is 1.93 bits per heavy atom. The molecule has 0 bridgehead atoms. The van der Waals surface area contributed by atoms with Gasteiger partial charge in [0.05, 0.1) is 11.6 Å². The number of thiophene rings is 1. The van der Waals surface area contributed by atoms with Crippen molar-refractivity contribution < 1.29 is 8.78 Å². The molecule has 2 heterocycles. The molecule has 4 aromatic rings. The molecule has 0 N–H and O–H groups in total. The number of benzene rings is 2. The molecule has 7 heteroatoms. The maximum absolute atomic E-state index is 13.8. The van der Waals surface area contributed by atoms with Gasteiger partial charge >= 0.3 is 0 Å². The summed E-state index contributed by atoms with van der Waals surface area (Å²) in [5, 5.41) is 4.49. The summed E-state index contributed by atoms with van der Waals surface area (Å²) in [6.07, 6.45) is 2.47. The molecule has 4 rings (SSSR count). The van der Waals surface area contributed by atoms with Crippen LogP contribution in [0.25, 0.3) is 21.3 Å². The van der Waals surface area contributed by atoms with Crippen molar-refractivity contribution in [3.8, 4) is 11.1 Å². The number of halogens is 2. The largest absolute Gasteiger partial charge is 0.283 e. The first-order valence-electron chi connectivity index (χ1n) is 8.10. The van der Waals surface area contributed by atoms with Gasteiger partial charge < -0.3 is 0 Å². The maximum atomic E-state index is 13.8. The molecule has 0 atom stereocenters. The molecule has 2 aromatic carbocycles. The van der Waals surface area contributed by atoms with Crippen LogP contribution < -0.4 is 5.56 Å². The first-order valence-corrected chi connectivity index (χ1v) is 8.92. The van der Waals surface area contributed by atoms with Crippen molar-refractivity contribution in [3.63, 3.8) is 0 Å². The van der Waals surface area contributed by atoms with Gasteiger partial charge in [-0.1, -0.05) is 30.3 Å². The fraction of sp³-hybridized carbons (Fsp3) is 0.0500. The van der Waals surface area contributed by atoms with E-state index in [1.54, 1.807) is 0 Å². The van der Waals surface area contributed by atoms with Crippen LogP contribution in [0.4, 0.5) is 8.78 Å². The van der Waals surface area contributed by atoms with E-state index in [4.69, 9.17) is 0 Å². The van der Waals surface area contributed by atoms with E-state index in [0.717, 1.165) is 32.8 Å². The molecule has 0 aliphatic heterocycles. The zero-order chi connectivity index (χ0) is 19.0. The van der Waals surface area contributed by atoms with Gasteiger partial charge in [0.1, 0.15) is 22.8 Å². The molecule has 2 aromatic heterocycles. The van der Waals surface area contributed by atoms with Crippen molar-refractivity contribution in [3.05, 3.63) is 87.3 Å². The number of nitrogens with zero attached hydrogens (tertiary/aromatic N) is 3. The van der Waals surface area contributed by atoms with Crippen LogP contribution in [0.15, 0.2) is 64.8 Å². The Kier molecular flexibility index (Phi) is 4.37. The van der Waals surface area contributed by atoms with Crippen LogP contribution in [0.5, 0.6) is 0 Å². The summed E-state index contributed by atoms with van der Waals surface area (Å²) in [7, 11) is 0. The molecule has 0 amide bonds.